The number of imidazole rings is 1. The molecule has 204 valence electrons. The number of nitrogens with zero attached hydrogens (tertiary/aromatic N) is 5. The molecule has 12 heteroatoms. The Labute approximate surface area is 218 Å². The van der Waals surface area contributed by atoms with Crippen LogP contribution in [0.1, 0.15) is 51.3 Å². The Balaban J connectivity index is 1.75. The number of carbonyl (C=O) groups excluding carboxylic acids is 1. The van der Waals surface area contributed by atoms with E-state index in [-0.39, 0.29) is 12.8 Å². The van der Waals surface area contributed by atoms with Crippen molar-refractivity contribution in [3.63, 3.8) is 0 Å². The third-order valence-electron chi connectivity index (χ3n) is 6.44. The fraction of sp³-hybridized carbons (Fsp3) is 0.462. The minimum Gasteiger partial charge on any atom is -0.494 e. The van der Waals surface area contributed by atoms with Gasteiger partial charge in [0, 0.05) is 43.0 Å². The summed E-state index contributed by atoms with van der Waals surface area (Å²) in [5, 5.41) is 7.46. The van der Waals surface area contributed by atoms with Crippen molar-refractivity contribution in [1.82, 2.24) is 29.8 Å². The number of urea groups is 1. The summed E-state index contributed by atoms with van der Waals surface area (Å²) >= 11 is 0. The van der Waals surface area contributed by atoms with Crippen molar-refractivity contribution >= 4 is 11.7 Å². The Morgan fingerprint density at radius 3 is 2.79 bits per heavy atom. The Morgan fingerprint density at radius 2 is 2.05 bits per heavy atom. The zero-order chi connectivity index (χ0) is 27.3. The molecule has 3 aromatic heterocycles. The average molecular weight is 533 g/mol. The molecule has 4 heterocycles. The maximum atomic E-state index is 13.2. The SMILES string of the molecule is CCN1C(=O)N[C@@H](CCC(F)(F)F)C/C=C/CCOc2cc(nn3ccnc23)-c2cc(ncc2OC)[C@H]1C. The molecule has 1 aliphatic rings. The van der Waals surface area contributed by atoms with Crippen LogP contribution < -0.4 is 14.8 Å². The first-order valence-electron chi connectivity index (χ1n) is 12.5. The first kappa shape index (κ1) is 27.2. The van der Waals surface area contributed by atoms with E-state index in [2.05, 4.69) is 20.4 Å². The molecule has 3 aromatic rings. The van der Waals surface area contributed by atoms with Crippen molar-refractivity contribution in [3.8, 4) is 22.8 Å². The summed E-state index contributed by atoms with van der Waals surface area (Å²) in [5.74, 6) is 1.01. The molecule has 0 radical (unpaired) electrons. The zero-order valence-electron chi connectivity index (χ0n) is 21.5. The van der Waals surface area contributed by atoms with E-state index in [1.165, 1.54) is 7.11 Å². The molecule has 4 bridgehead atoms. The topological polar surface area (TPSA) is 93.9 Å². The monoisotopic (exact) mass is 532 g/mol. The molecule has 0 fully saturated rings. The van der Waals surface area contributed by atoms with E-state index >= 15 is 0 Å². The first-order valence-corrected chi connectivity index (χ1v) is 12.5. The number of amides is 2. The quantitative estimate of drug-likeness (QED) is 0.457. The summed E-state index contributed by atoms with van der Waals surface area (Å²) < 4.78 is 52.1. The summed E-state index contributed by atoms with van der Waals surface area (Å²) in [5.41, 5.74) is 2.34. The number of hydrogen-bond acceptors (Lipinski definition) is 6. The van der Waals surface area contributed by atoms with Gasteiger partial charge in [-0.3, -0.25) is 4.98 Å². The normalized spacial score (nSPS) is 19.9. The number of nitrogens with one attached hydrogen (secondary N) is 1. The molecule has 9 nitrogen and oxygen atoms in total. The number of rotatable bonds is 4. The molecule has 0 saturated heterocycles. The van der Waals surface area contributed by atoms with Crippen molar-refractivity contribution in [1.29, 1.82) is 0 Å². The van der Waals surface area contributed by atoms with Crippen LogP contribution in [0.2, 0.25) is 0 Å². The maximum Gasteiger partial charge on any atom is 0.389 e. The highest BCUT2D eigenvalue weighted by atomic mass is 19.4. The molecule has 0 spiro atoms. The predicted molar refractivity (Wildman–Crippen MR) is 135 cm³/mol. The lowest BCUT2D eigenvalue weighted by Crippen LogP contribution is -2.46. The molecule has 2 atom stereocenters. The van der Waals surface area contributed by atoms with Gasteiger partial charge in [-0.05, 0) is 39.2 Å². The molecule has 38 heavy (non-hydrogen) atoms. The van der Waals surface area contributed by atoms with Crippen LogP contribution in [-0.2, 0) is 0 Å². The van der Waals surface area contributed by atoms with Gasteiger partial charge >= 0.3 is 12.2 Å². The number of fused-ring (bicyclic) bond motifs is 7. The second kappa shape index (κ2) is 11.7. The fourth-order valence-electron chi connectivity index (χ4n) is 4.39. The zero-order valence-corrected chi connectivity index (χ0v) is 21.5. The molecule has 0 aliphatic carbocycles. The molecule has 0 aromatic carbocycles. The summed E-state index contributed by atoms with van der Waals surface area (Å²) in [6.07, 6.45) is 3.80. The second-order valence-corrected chi connectivity index (χ2v) is 9.01. The molecular formula is C26H31F3N6O3. The van der Waals surface area contributed by atoms with E-state index in [0.717, 1.165) is 0 Å². The van der Waals surface area contributed by atoms with E-state index in [9.17, 15) is 18.0 Å². The number of halogens is 3. The van der Waals surface area contributed by atoms with Crippen LogP contribution in [0, 0.1) is 0 Å². The number of ether oxygens (including phenoxy) is 2. The number of alkyl halides is 3. The van der Waals surface area contributed by atoms with E-state index in [1.807, 2.05) is 19.9 Å². The van der Waals surface area contributed by atoms with Crippen LogP contribution in [0.3, 0.4) is 0 Å². The minimum absolute atomic E-state index is 0.220. The number of hydrogen-bond donors (Lipinski definition) is 1. The van der Waals surface area contributed by atoms with Crippen LogP contribution in [0.25, 0.3) is 16.9 Å². The average Bonchev–Trinajstić information content (AvgIpc) is 3.37. The molecular weight excluding hydrogens is 501 g/mol. The molecule has 1 N–H and O–H groups in total. The Morgan fingerprint density at radius 1 is 1.24 bits per heavy atom. The minimum atomic E-state index is -4.31. The highest BCUT2D eigenvalue weighted by molar-refractivity contribution is 5.75. The lowest BCUT2D eigenvalue weighted by Gasteiger charge is -2.30. The molecule has 0 unspecified atom stereocenters. The van der Waals surface area contributed by atoms with Crippen molar-refractivity contribution in [2.75, 3.05) is 20.3 Å². The molecule has 4 rings (SSSR count). The van der Waals surface area contributed by atoms with E-state index < -0.39 is 30.7 Å². The van der Waals surface area contributed by atoms with Crippen LogP contribution in [-0.4, -0.2) is 63.0 Å². The second-order valence-electron chi connectivity index (χ2n) is 9.01. The third kappa shape index (κ3) is 6.35. The lowest BCUT2D eigenvalue weighted by molar-refractivity contribution is -0.136. The summed E-state index contributed by atoms with van der Waals surface area (Å²) in [6, 6.07) is 1.98. The first-order chi connectivity index (χ1) is 18.2. The van der Waals surface area contributed by atoms with Crippen LogP contribution in [0.4, 0.5) is 18.0 Å². The largest absolute Gasteiger partial charge is 0.494 e. The van der Waals surface area contributed by atoms with E-state index in [1.54, 1.807) is 46.2 Å². The Kier molecular flexibility index (Phi) is 8.38. The van der Waals surface area contributed by atoms with Gasteiger partial charge in [-0.1, -0.05) is 12.2 Å². The lowest BCUT2D eigenvalue weighted by atomic mass is 10.1. The van der Waals surface area contributed by atoms with E-state index in [0.29, 0.717) is 53.7 Å². The van der Waals surface area contributed by atoms with Gasteiger partial charge in [-0.15, -0.1) is 0 Å². The van der Waals surface area contributed by atoms with Gasteiger partial charge in [0.1, 0.15) is 5.75 Å². The molecule has 1 aliphatic heterocycles. The van der Waals surface area contributed by atoms with Crippen LogP contribution in [0.5, 0.6) is 11.5 Å². The van der Waals surface area contributed by atoms with Crippen LogP contribution in [0.15, 0.2) is 42.9 Å². The van der Waals surface area contributed by atoms with Crippen molar-refractivity contribution in [2.24, 2.45) is 0 Å². The molecule has 2 amide bonds. The van der Waals surface area contributed by atoms with Crippen LogP contribution >= 0.6 is 0 Å². The van der Waals surface area contributed by atoms with Crippen molar-refractivity contribution < 1.29 is 27.4 Å². The van der Waals surface area contributed by atoms with Gasteiger partial charge in [0.25, 0.3) is 0 Å². The summed E-state index contributed by atoms with van der Waals surface area (Å²) in [4.78, 5) is 23.6. The van der Waals surface area contributed by atoms with Gasteiger partial charge < -0.3 is 19.7 Å². The third-order valence-corrected chi connectivity index (χ3v) is 6.44. The fourth-order valence-corrected chi connectivity index (χ4v) is 4.39. The van der Waals surface area contributed by atoms with Gasteiger partial charge in [0.05, 0.1) is 37.3 Å². The van der Waals surface area contributed by atoms with Gasteiger partial charge in [-0.25, -0.2) is 14.3 Å². The summed E-state index contributed by atoms with van der Waals surface area (Å²) in [6.45, 7) is 4.28. The van der Waals surface area contributed by atoms with E-state index in [4.69, 9.17) is 9.47 Å². The summed E-state index contributed by atoms with van der Waals surface area (Å²) in [7, 11) is 1.53. The standard InChI is InChI=1S/C26H31F3N6O3/c1-4-34-17(2)20-14-19(23(37-3)16-31-20)21-15-22(24-30-11-12-35(24)33-21)38-13-7-5-6-8-18(32-25(34)36)9-10-26(27,28)29/h5-6,11-12,14-18H,4,7-10,13H2,1-3H3,(H,32,36)/b6-5+/t17-,18-/m1/s1. The predicted octanol–water partition coefficient (Wildman–Crippen LogP) is 5.33. The number of methoxy groups -OCH3 is 1. The number of pyridine rings is 1. The van der Waals surface area contributed by atoms with Gasteiger partial charge in [0.2, 0.25) is 0 Å². The highest BCUT2D eigenvalue weighted by Gasteiger charge is 2.30. The molecule has 0 saturated carbocycles. The van der Waals surface area contributed by atoms with Crippen molar-refractivity contribution in [3.05, 3.63) is 48.6 Å². The van der Waals surface area contributed by atoms with Crippen molar-refractivity contribution in [2.45, 2.75) is 57.8 Å². The Bertz CT molecular complexity index is 1290. The van der Waals surface area contributed by atoms with Gasteiger partial charge in [0.15, 0.2) is 11.4 Å². The number of aromatic nitrogens is 4. The smallest absolute Gasteiger partial charge is 0.389 e. The van der Waals surface area contributed by atoms with Gasteiger partial charge in [-0.2, -0.15) is 18.3 Å². The Hall–Kier alpha value is -3.83. The highest BCUT2D eigenvalue weighted by Crippen LogP contribution is 2.34. The number of carbonyl (C=O) groups is 1. The maximum absolute atomic E-state index is 13.2.